The van der Waals surface area contributed by atoms with Gasteiger partial charge in [0, 0.05) is 23.1 Å². The van der Waals surface area contributed by atoms with Gasteiger partial charge in [0.1, 0.15) is 0 Å². The van der Waals surface area contributed by atoms with E-state index in [4.69, 9.17) is 17.3 Å². The lowest BCUT2D eigenvalue weighted by atomic mass is 9.91. The van der Waals surface area contributed by atoms with E-state index in [-0.39, 0.29) is 11.2 Å². The Bertz CT molecular complexity index is 801. The lowest BCUT2D eigenvalue weighted by Gasteiger charge is -2.34. The molecule has 2 aromatic rings. The molecule has 0 bridgehead atoms. The molecule has 1 fully saturated rings. The molecule has 2 heterocycles. The lowest BCUT2D eigenvalue weighted by Crippen LogP contribution is -2.45. The fourth-order valence-electron chi connectivity index (χ4n) is 3.20. The van der Waals surface area contributed by atoms with E-state index in [1.807, 2.05) is 25.1 Å². The minimum Gasteiger partial charge on any atom is -0.399 e. The highest BCUT2D eigenvalue weighted by atomic mass is 35.5. The number of amides is 1. The van der Waals surface area contributed by atoms with Gasteiger partial charge >= 0.3 is 0 Å². The molecule has 0 saturated heterocycles. The highest BCUT2D eigenvalue weighted by Crippen LogP contribution is 2.53. The molecule has 1 aromatic heterocycles. The Morgan fingerprint density at radius 2 is 2.14 bits per heavy atom. The number of hydrogen-bond acceptors (Lipinski definition) is 4. The van der Waals surface area contributed by atoms with Gasteiger partial charge in [-0.25, -0.2) is 9.97 Å². The molecule has 1 aliphatic heterocycles. The number of nitrogens with two attached hydrogens (primary N) is 1. The molecule has 2 aliphatic rings. The van der Waals surface area contributed by atoms with Gasteiger partial charge in [-0.1, -0.05) is 6.07 Å². The summed E-state index contributed by atoms with van der Waals surface area (Å²) in [7, 11) is 0. The van der Waals surface area contributed by atoms with Crippen molar-refractivity contribution < 1.29 is 4.79 Å². The zero-order valence-corrected chi connectivity index (χ0v) is 12.9. The Kier molecular flexibility index (Phi) is 2.72. The average Bonchev–Trinajstić information content (AvgIpc) is 3.28. The molecule has 0 unspecified atom stereocenters. The van der Waals surface area contributed by atoms with E-state index >= 15 is 0 Å². The molecule has 2 N–H and O–H groups in total. The van der Waals surface area contributed by atoms with Crippen molar-refractivity contribution in [1.82, 2.24) is 9.97 Å². The van der Waals surface area contributed by atoms with E-state index in [0.29, 0.717) is 12.2 Å². The second kappa shape index (κ2) is 4.43. The Balaban J connectivity index is 1.86. The number of nitrogen functional groups attached to an aromatic ring is 1. The number of nitrogens with zero attached hydrogens (tertiary/aromatic N) is 3. The van der Waals surface area contributed by atoms with Crippen molar-refractivity contribution in [3.63, 3.8) is 0 Å². The van der Waals surface area contributed by atoms with Crippen LogP contribution in [0.4, 0.5) is 11.4 Å². The van der Waals surface area contributed by atoms with Crippen molar-refractivity contribution in [1.29, 1.82) is 0 Å². The summed E-state index contributed by atoms with van der Waals surface area (Å²) in [6, 6.07) is 5.63. The third-order valence-electron chi connectivity index (χ3n) is 4.55. The lowest BCUT2D eigenvalue weighted by molar-refractivity contribution is -0.121. The van der Waals surface area contributed by atoms with E-state index in [2.05, 4.69) is 9.97 Å². The van der Waals surface area contributed by atoms with E-state index in [9.17, 15) is 4.79 Å². The molecular formula is C16H15ClN4O. The van der Waals surface area contributed by atoms with Crippen molar-refractivity contribution in [3.05, 3.63) is 46.5 Å². The molecule has 0 atom stereocenters. The average molecular weight is 315 g/mol. The predicted molar refractivity (Wildman–Crippen MR) is 84.7 cm³/mol. The van der Waals surface area contributed by atoms with Crippen LogP contribution in [0, 0.1) is 6.92 Å². The van der Waals surface area contributed by atoms with Crippen LogP contribution in [0.1, 0.15) is 29.7 Å². The minimum atomic E-state index is -0.517. The van der Waals surface area contributed by atoms with Crippen LogP contribution >= 0.6 is 11.6 Å². The first-order chi connectivity index (χ1) is 10.5. The van der Waals surface area contributed by atoms with Crippen LogP contribution < -0.4 is 10.6 Å². The quantitative estimate of drug-likeness (QED) is 0.648. The third kappa shape index (κ3) is 1.82. The summed E-state index contributed by atoms with van der Waals surface area (Å²) in [4.78, 5) is 23.2. The Morgan fingerprint density at radius 1 is 1.36 bits per heavy atom. The molecular weight excluding hydrogens is 300 g/mol. The number of fused-ring (bicyclic) bond motifs is 2. The maximum absolute atomic E-state index is 13.0. The SMILES string of the molecule is Cc1ccc(N)cc1N1Cc2cnc(Cl)nc2C2(CC2)C1=O. The van der Waals surface area contributed by atoms with Gasteiger partial charge in [-0.3, -0.25) is 4.79 Å². The first-order valence-corrected chi connectivity index (χ1v) is 7.59. The number of anilines is 2. The summed E-state index contributed by atoms with van der Waals surface area (Å²) in [6.45, 7) is 2.44. The summed E-state index contributed by atoms with van der Waals surface area (Å²) in [5.41, 5.74) is 9.68. The van der Waals surface area contributed by atoms with Crippen molar-refractivity contribution in [2.75, 3.05) is 10.6 Å². The van der Waals surface area contributed by atoms with Crippen LogP contribution in [0.3, 0.4) is 0 Å². The fraction of sp³-hybridized carbons (Fsp3) is 0.312. The molecule has 1 saturated carbocycles. The van der Waals surface area contributed by atoms with Gasteiger partial charge in [0.15, 0.2) is 0 Å². The van der Waals surface area contributed by atoms with Crippen molar-refractivity contribution in [3.8, 4) is 0 Å². The molecule has 1 spiro atoms. The van der Waals surface area contributed by atoms with Gasteiger partial charge in [0.2, 0.25) is 11.2 Å². The van der Waals surface area contributed by atoms with Gasteiger partial charge in [-0.2, -0.15) is 0 Å². The van der Waals surface area contributed by atoms with E-state index < -0.39 is 5.41 Å². The van der Waals surface area contributed by atoms with Gasteiger partial charge in [-0.05, 0) is 49.1 Å². The number of carbonyl (C=O) groups excluding carboxylic acids is 1. The zero-order valence-electron chi connectivity index (χ0n) is 12.1. The van der Waals surface area contributed by atoms with Gasteiger partial charge < -0.3 is 10.6 Å². The molecule has 6 heteroatoms. The molecule has 22 heavy (non-hydrogen) atoms. The first kappa shape index (κ1) is 13.5. The largest absolute Gasteiger partial charge is 0.399 e. The second-order valence-electron chi connectivity index (χ2n) is 6.03. The molecule has 4 rings (SSSR count). The normalized spacial score (nSPS) is 18.5. The Hall–Kier alpha value is -2.14. The topological polar surface area (TPSA) is 72.1 Å². The number of aryl methyl sites for hydroxylation is 1. The molecule has 5 nitrogen and oxygen atoms in total. The van der Waals surface area contributed by atoms with Crippen LogP contribution in [-0.4, -0.2) is 15.9 Å². The van der Waals surface area contributed by atoms with E-state index in [1.165, 1.54) is 0 Å². The number of halogens is 1. The molecule has 1 aliphatic carbocycles. The standard InChI is InChI=1S/C16H15ClN4O/c1-9-2-3-11(18)6-12(9)21-8-10-7-19-15(17)20-13(10)16(4-5-16)14(21)22/h2-3,6-7H,4-5,8,18H2,1H3. The smallest absolute Gasteiger partial charge is 0.239 e. The monoisotopic (exact) mass is 314 g/mol. The Labute approximate surface area is 133 Å². The van der Waals surface area contributed by atoms with Crippen LogP contribution in [0.2, 0.25) is 5.28 Å². The third-order valence-corrected chi connectivity index (χ3v) is 4.73. The van der Waals surface area contributed by atoms with E-state index in [1.54, 1.807) is 11.1 Å². The summed E-state index contributed by atoms with van der Waals surface area (Å²) in [5.74, 6) is 0.0865. The van der Waals surface area contributed by atoms with Gasteiger partial charge in [-0.15, -0.1) is 0 Å². The van der Waals surface area contributed by atoms with Crippen molar-refractivity contribution >= 4 is 28.9 Å². The predicted octanol–water partition coefficient (Wildman–Crippen LogP) is 2.60. The fourth-order valence-corrected chi connectivity index (χ4v) is 3.34. The Morgan fingerprint density at radius 3 is 2.86 bits per heavy atom. The van der Waals surface area contributed by atoms with Gasteiger partial charge in [0.05, 0.1) is 17.7 Å². The first-order valence-electron chi connectivity index (χ1n) is 7.21. The number of carbonyl (C=O) groups is 1. The summed E-state index contributed by atoms with van der Waals surface area (Å²) in [5, 5.41) is 0.200. The maximum atomic E-state index is 13.0. The highest BCUT2D eigenvalue weighted by Gasteiger charge is 2.58. The molecule has 0 radical (unpaired) electrons. The van der Waals surface area contributed by atoms with Crippen molar-refractivity contribution in [2.24, 2.45) is 0 Å². The summed E-state index contributed by atoms with van der Waals surface area (Å²) >= 11 is 5.92. The highest BCUT2D eigenvalue weighted by molar-refractivity contribution is 6.28. The second-order valence-corrected chi connectivity index (χ2v) is 6.37. The van der Waals surface area contributed by atoms with E-state index in [0.717, 1.165) is 35.3 Å². The molecule has 112 valence electrons. The number of aromatic nitrogens is 2. The maximum Gasteiger partial charge on any atom is 0.239 e. The zero-order chi connectivity index (χ0) is 15.5. The summed E-state index contributed by atoms with van der Waals surface area (Å²) < 4.78 is 0. The van der Waals surface area contributed by atoms with Crippen LogP contribution in [-0.2, 0) is 16.8 Å². The van der Waals surface area contributed by atoms with Crippen LogP contribution in [0.15, 0.2) is 24.4 Å². The number of hydrogen-bond donors (Lipinski definition) is 1. The van der Waals surface area contributed by atoms with Crippen molar-refractivity contribution in [2.45, 2.75) is 31.7 Å². The molecule has 1 amide bonds. The minimum absolute atomic E-state index is 0.0865. The van der Waals surface area contributed by atoms with Crippen LogP contribution in [0.25, 0.3) is 0 Å². The molecule has 1 aromatic carbocycles. The number of rotatable bonds is 1. The van der Waals surface area contributed by atoms with Crippen LogP contribution in [0.5, 0.6) is 0 Å². The van der Waals surface area contributed by atoms with Gasteiger partial charge in [0.25, 0.3) is 0 Å². The summed E-state index contributed by atoms with van der Waals surface area (Å²) in [6.07, 6.45) is 3.35. The number of benzene rings is 1.